The Hall–Kier alpha value is -2.28. The number of fused-ring (bicyclic) bond motifs is 1. The van der Waals surface area contributed by atoms with Gasteiger partial charge in [-0.25, -0.2) is 9.79 Å². The molecule has 1 saturated heterocycles. The van der Waals surface area contributed by atoms with Gasteiger partial charge in [0, 0.05) is 17.4 Å². The molecule has 4 N–H and O–H groups in total. The molecule has 1 aromatic rings. The summed E-state index contributed by atoms with van der Waals surface area (Å²) in [5.41, 5.74) is 7.10. The topological polar surface area (TPSA) is 139 Å². The van der Waals surface area contributed by atoms with Crippen LogP contribution in [-0.2, 0) is 14.3 Å². The van der Waals surface area contributed by atoms with Crippen LogP contribution in [-0.4, -0.2) is 77.2 Å². The van der Waals surface area contributed by atoms with Crippen LogP contribution in [0.4, 0.5) is 0 Å². The first kappa shape index (κ1) is 23.9. The summed E-state index contributed by atoms with van der Waals surface area (Å²) in [5, 5.41) is 12.4. The zero-order chi connectivity index (χ0) is 23.5. The van der Waals surface area contributed by atoms with Gasteiger partial charge < -0.3 is 25.2 Å². The molecule has 0 spiro atoms. The fourth-order valence-corrected chi connectivity index (χ4v) is 6.03. The number of nitrogens with one attached hydrogen (secondary N) is 1. The number of nitrogens with two attached hydrogens (primary N) is 1. The highest BCUT2D eigenvalue weighted by Gasteiger charge is 2.47. The number of carbonyl (C=O) groups excluding carboxylic acids is 2. The molecule has 178 valence electrons. The first-order chi connectivity index (χ1) is 15.9. The molecule has 0 radical (unpaired) electrons. The smallest absolute Gasteiger partial charge is 0.338 e. The molecule has 0 saturated carbocycles. The van der Waals surface area contributed by atoms with E-state index in [-0.39, 0.29) is 23.7 Å². The van der Waals surface area contributed by atoms with Crippen molar-refractivity contribution in [2.24, 2.45) is 15.7 Å². The van der Waals surface area contributed by atoms with Gasteiger partial charge in [0.05, 0.1) is 18.5 Å². The van der Waals surface area contributed by atoms with Crippen molar-refractivity contribution in [2.45, 2.75) is 56.2 Å². The second-order valence-corrected chi connectivity index (χ2v) is 10.8. The number of esters is 1. The van der Waals surface area contributed by atoms with Crippen molar-refractivity contribution in [3.63, 3.8) is 0 Å². The average Bonchev–Trinajstić information content (AvgIpc) is 3.41. The average molecular weight is 494 g/mol. The number of benzene rings is 1. The lowest BCUT2D eigenvalue weighted by atomic mass is 10.0. The molecular formula is C21H27N5O5S2. The van der Waals surface area contributed by atoms with Gasteiger partial charge in [0.2, 0.25) is 0 Å². The molecule has 6 atom stereocenters. The van der Waals surface area contributed by atoms with Crippen molar-refractivity contribution in [1.29, 1.82) is 0 Å². The van der Waals surface area contributed by atoms with Crippen LogP contribution in [0.5, 0.6) is 0 Å². The number of guanidine groups is 1. The van der Waals surface area contributed by atoms with Crippen molar-refractivity contribution in [3.05, 3.63) is 35.4 Å². The number of hydrogen-bond donors (Lipinski definition) is 3. The van der Waals surface area contributed by atoms with E-state index in [1.807, 2.05) is 12.1 Å². The summed E-state index contributed by atoms with van der Waals surface area (Å²) >= 11 is 0. The lowest BCUT2D eigenvalue weighted by Gasteiger charge is -2.31. The fourth-order valence-electron chi connectivity index (χ4n) is 4.05. The molecule has 1 amide bonds. The molecule has 3 heterocycles. The maximum absolute atomic E-state index is 13.1. The van der Waals surface area contributed by atoms with Crippen molar-refractivity contribution >= 4 is 45.8 Å². The predicted octanol–water partition coefficient (Wildman–Crippen LogP) is 1.26. The molecule has 0 aromatic heterocycles. The number of rotatable bonds is 8. The van der Waals surface area contributed by atoms with Crippen LogP contribution < -0.4 is 11.1 Å². The Morgan fingerprint density at radius 2 is 2.24 bits per heavy atom. The number of amides is 1. The summed E-state index contributed by atoms with van der Waals surface area (Å²) in [6.07, 6.45) is -0.792. The Kier molecular flexibility index (Phi) is 7.47. The van der Waals surface area contributed by atoms with Crippen LogP contribution in [0.25, 0.3) is 0 Å². The van der Waals surface area contributed by atoms with Crippen LogP contribution in [0.1, 0.15) is 41.4 Å². The van der Waals surface area contributed by atoms with Gasteiger partial charge in [-0.15, -0.1) is 0 Å². The molecule has 33 heavy (non-hydrogen) atoms. The van der Waals surface area contributed by atoms with Gasteiger partial charge in [0.25, 0.3) is 5.91 Å². The highest BCUT2D eigenvalue weighted by atomic mass is 33.1. The molecule has 4 rings (SSSR count). The number of aliphatic hydroxyl groups is 1. The Morgan fingerprint density at radius 1 is 1.45 bits per heavy atom. The number of hydrogen-bond acceptors (Lipinski definition) is 11. The summed E-state index contributed by atoms with van der Waals surface area (Å²) < 4.78 is 11.8. The van der Waals surface area contributed by atoms with Gasteiger partial charge in [0.1, 0.15) is 18.4 Å². The van der Waals surface area contributed by atoms with Gasteiger partial charge in [-0.2, -0.15) is 0 Å². The van der Waals surface area contributed by atoms with E-state index < -0.39 is 36.6 Å². The second-order valence-electron chi connectivity index (χ2n) is 7.80. The highest BCUT2D eigenvalue weighted by Crippen LogP contribution is 2.39. The van der Waals surface area contributed by atoms with E-state index in [2.05, 4.69) is 29.1 Å². The Labute approximate surface area is 199 Å². The monoisotopic (exact) mass is 493 g/mol. The van der Waals surface area contributed by atoms with E-state index in [1.54, 1.807) is 38.6 Å². The molecule has 0 bridgehead atoms. The first-order valence-corrected chi connectivity index (χ1v) is 13.1. The Morgan fingerprint density at radius 3 is 3.00 bits per heavy atom. The van der Waals surface area contributed by atoms with Crippen LogP contribution in [0, 0.1) is 0 Å². The Bertz CT molecular complexity index is 961. The molecule has 3 aliphatic rings. The molecule has 3 aliphatic heterocycles. The molecule has 1 fully saturated rings. The number of aliphatic hydroxyl groups excluding tert-OH is 1. The second kappa shape index (κ2) is 10.3. The van der Waals surface area contributed by atoms with Gasteiger partial charge in [-0.3, -0.25) is 15.1 Å². The van der Waals surface area contributed by atoms with E-state index >= 15 is 0 Å². The minimum Gasteiger partial charge on any atom is -0.456 e. The Balaban J connectivity index is 1.46. The zero-order valence-electron chi connectivity index (χ0n) is 18.3. The summed E-state index contributed by atoms with van der Waals surface area (Å²) in [6.45, 7) is 3.82. The minimum atomic E-state index is -0.720. The van der Waals surface area contributed by atoms with Gasteiger partial charge in [0.15, 0.2) is 18.2 Å². The van der Waals surface area contributed by atoms with E-state index in [1.165, 1.54) is 6.34 Å². The molecule has 12 heteroatoms. The van der Waals surface area contributed by atoms with E-state index in [0.29, 0.717) is 12.0 Å². The quantitative estimate of drug-likeness (QED) is 0.361. The van der Waals surface area contributed by atoms with Crippen molar-refractivity contribution < 1.29 is 24.2 Å². The van der Waals surface area contributed by atoms with Crippen LogP contribution in [0.3, 0.4) is 0 Å². The normalized spacial score (nSPS) is 29.4. The number of carbonyl (C=O) groups is 2. The molecule has 10 nitrogen and oxygen atoms in total. The summed E-state index contributed by atoms with van der Waals surface area (Å²) in [5.74, 6) is 0.191. The van der Waals surface area contributed by atoms with E-state index in [9.17, 15) is 14.7 Å². The van der Waals surface area contributed by atoms with Gasteiger partial charge in [-0.05, 0) is 18.6 Å². The third kappa shape index (κ3) is 4.98. The molecular weight excluding hydrogens is 466 g/mol. The minimum absolute atomic E-state index is 0.0151. The fraction of sp³-hybridized carbons (Fsp3) is 0.524. The third-order valence-electron chi connectivity index (χ3n) is 5.64. The lowest BCUT2D eigenvalue weighted by Crippen LogP contribution is -2.55. The first-order valence-electron chi connectivity index (χ1n) is 10.7. The summed E-state index contributed by atoms with van der Waals surface area (Å²) in [7, 11) is 3.44. The van der Waals surface area contributed by atoms with E-state index in [4.69, 9.17) is 15.2 Å². The molecule has 1 aromatic carbocycles. The molecule has 0 aliphatic carbocycles. The maximum Gasteiger partial charge on any atom is 0.338 e. The maximum atomic E-state index is 13.1. The summed E-state index contributed by atoms with van der Waals surface area (Å²) in [6, 6.07) is 6.67. The summed E-state index contributed by atoms with van der Waals surface area (Å²) in [4.78, 5) is 35.4. The largest absolute Gasteiger partial charge is 0.456 e. The van der Waals surface area contributed by atoms with Crippen molar-refractivity contribution in [2.75, 3.05) is 12.4 Å². The third-order valence-corrected chi connectivity index (χ3v) is 8.54. The van der Waals surface area contributed by atoms with Crippen molar-refractivity contribution in [1.82, 2.24) is 10.2 Å². The van der Waals surface area contributed by atoms with Gasteiger partial charge in [-0.1, -0.05) is 46.7 Å². The van der Waals surface area contributed by atoms with E-state index in [0.717, 1.165) is 11.3 Å². The lowest BCUT2D eigenvalue weighted by molar-refractivity contribution is -0.123. The number of aliphatic imine (C=N–C) groups is 2. The SMILES string of the molecule is CCSSC(C)c1ccccc1C(=O)O[C@@H]1C[C@H](N2C=NC3C(=O)NC(N)=NC32)O[C@@H]1CO. The van der Waals surface area contributed by atoms with Crippen molar-refractivity contribution in [3.8, 4) is 0 Å². The standard InChI is InChI=1S/C21H27N5O5S2/c1-3-32-33-11(2)12-6-4-5-7-13(12)20(29)31-14-8-16(30-15(14)9-27)26-10-23-17-18(26)24-21(22)25-19(17)28/h4-7,10-11,14-18,27H,3,8-9H2,1-2H3,(H3,22,24,25,28)/t11?,14-,15-,16-,17?,18?/m1/s1. The highest BCUT2D eigenvalue weighted by molar-refractivity contribution is 8.76. The van der Waals surface area contributed by atoms with Crippen LogP contribution in [0.2, 0.25) is 0 Å². The predicted molar refractivity (Wildman–Crippen MR) is 128 cm³/mol. The molecule has 3 unspecified atom stereocenters. The van der Waals surface area contributed by atoms with Crippen LogP contribution >= 0.6 is 21.6 Å². The van der Waals surface area contributed by atoms with Gasteiger partial charge >= 0.3 is 5.97 Å². The zero-order valence-corrected chi connectivity index (χ0v) is 19.9. The number of ether oxygens (including phenoxy) is 2. The number of nitrogens with zero attached hydrogens (tertiary/aromatic N) is 3. The van der Waals surface area contributed by atoms with Crippen LogP contribution in [0.15, 0.2) is 34.3 Å².